The third-order valence-corrected chi connectivity index (χ3v) is 6.09. The lowest BCUT2D eigenvalue weighted by Gasteiger charge is -2.26. The maximum Gasteiger partial charge on any atom is 0.354 e. The molecular weight excluding hydrogens is 450 g/mol. The molecule has 2 N–H and O–H groups in total. The Morgan fingerprint density at radius 2 is 1.94 bits per heavy atom. The number of aromatic nitrogens is 1. The number of methoxy groups -OCH3 is 1. The molecule has 1 aromatic heterocycles. The fourth-order valence-corrected chi connectivity index (χ4v) is 4.50. The van der Waals surface area contributed by atoms with Crippen LogP contribution < -0.4 is 4.74 Å². The summed E-state index contributed by atoms with van der Waals surface area (Å²) in [7, 11) is 5.14. The lowest BCUT2D eigenvalue weighted by molar-refractivity contribution is -0.139. The minimum Gasteiger partial charge on any atom is -0.507 e. The van der Waals surface area contributed by atoms with E-state index in [1.54, 1.807) is 32.0 Å². The van der Waals surface area contributed by atoms with E-state index in [9.17, 15) is 19.5 Å². The van der Waals surface area contributed by atoms with E-state index in [1.807, 2.05) is 32.0 Å². The molecule has 0 spiro atoms. The molecule has 1 saturated heterocycles. The van der Waals surface area contributed by atoms with Gasteiger partial charge in [0.15, 0.2) is 0 Å². The van der Waals surface area contributed by atoms with E-state index in [4.69, 9.17) is 9.47 Å². The maximum absolute atomic E-state index is 13.3. The zero-order chi connectivity index (χ0) is 25.9. The molecule has 1 fully saturated rings. The Balaban J connectivity index is 2.19. The number of likely N-dealkylation sites (tertiary alicyclic amines) is 1. The predicted octanol–water partition coefficient (Wildman–Crippen LogP) is 3.19. The molecule has 35 heavy (non-hydrogen) atoms. The molecule has 2 heterocycles. The summed E-state index contributed by atoms with van der Waals surface area (Å²) in [6.07, 6.45) is 0.649. The third-order valence-electron chi connectivity index (χ3n) is 6.09. The lowest BCUT2D eigenvalue weighted by Crippen LogP contribution is -2.32. The normalized spacial score (nSPS) is 17.3. The Morgan fingerprint density at radius 3 is 2.57 bits per heavy atom. The van der Waals surface area contributed by atoms with Crippen molar-refractivity contribution < 1.29 is 29.0 Å². The number of carbonyl (C=O) groups excluding carboxylic acids is 3. The van der Waals surface area contributed by atoms with Crippen LogP contribution in [0.5, 0.6) is 5.75 Å². The Labute approximate surface area is 205 Å². The number of H-pyrrole nitrogens is 1. The van der Waals surface area contributed by atoms with Crippen LogP contribution in [0.15, 0.2) is 29.8 Å². The van der Waals surface area contributed by atoms with Crippen LogP contribution in [-0.4, -0.2) is 78.5 Å². The highest BCUT2D eigenvalue weighted by Gasteiger charge is 2.46. The number of aryl methyl sites for hydroxylation is 1. The van der Waals surface area contributed by atoms with Crippen molar-refractivity contribution in [2.75, 3.05) is 40.9 Å². The third kappa shape index (κ3) is 5.09. The zero-order valence-electron chi connectivity index (χ0n) is 21.1. The van der Waals surface area contributed by atoms with Gasteiger partial charge in [-0.25, -0.2) is 4.79 Å². The molecule has 1 amide bonds. The van der Waals surface area contributed by atoms with Crippen molar-refractivity contribution >= 4 is 23.4 Å². The minimum atomic E-state index is -0.798. The van der Waals surface area contributed by atoms with Crippen molar-refractivity contribution in [2.45, 2.75) is 33.2 Å². The van der Waals surface area contributed by atoms with Gasteiger partial charge in [-0.1, -0.05) is 12.1 Å². The van der Waals surface area contributed by atoms with Gasteiger partial charge < -0.3 is 29.4 Å². The van der Waals surface area contributed by atoms with Crippen LogP contribution in [-0.2, 0) is 14.3 Å². The van der Waals surface area contributed by atoms with Crippen LogP contribution in [0.3, 0.4) is 0 Å². The molecule has 3 rings (SSSR count). The Kier molecular flexibility index (Phi) is 8.01. The van der Waals surface area contributed by atoms with Gasteiger partial charge in [0.05, 0.1) is 25.3 Å². The number of aromatic amines is 1. The fourth-order valence-electron chi connectivity index (χ4n) is 4.50. The first-order valence-electron chi connectivity index (χ1n) is 11.6. The quantitative estimate of drug-likeness (QED) is 0.244. The average Bonchev–Trinajstić information content (AvgIpc) is 3.25. The van der Waals surface area contributed by atoms with Gasteiger partial charge in [-0.2, -0.15) is 0 Å². The molecule has 0 saturated carbocycles. The van der Waals surface area contributed by atoms with Crippen molar-refractivity contribution in [2.24, 2.45) is 0 Å². The number of aliphatic hydroxyl groups excluding tert-OH is 1. The summed E-state index contributed by atoms with van der Waals surface area (Å²) in [5, 5.41) is 11.4. The largest absolute Gasteiger partial charge is 0.507 e. The van der Waals surface area contributed by atoms with Crippen LogP contribution >= 0.6 is 0 Å². The number of rotatable bonds is 9. The maximum atomic E-state index is 13.3. The summed E-state index contributed by atoms with van der Waals surface area (Å²) in [6, 6.07) is 6.38. The van der Waals surface area contributed by atoms with E-state index < -0.39 is 23.7 Å². The summed E-state index contributed by atoms with van der Waals surface area (Å²) in [4.78, 5) is 45.0. The number of nitrogens with one attached hydrogen (secondary N) is 1. The van der Waals surface area contributed by atoms with Gasteiger partial charge in [-0.15, -0.1) is 0 Å². The van der Waals surface area contributed by atoms with Crippen molar-refractivity contribution in [1.29, 1.82) is 0 Å². The molecule has 0 bridgehead atoms. The molecule has 1 atom stereocenters. The number of esters is 1. The zero-order valence-corrected chi connectivity index (χ0v) is 21.1. The first-order valence-corrected chi connectivity index (χ1v) is 11.6. The van der Waals surface area contributed by atoms with E-state index in [-0.39, 0.29) is 17.0 Å². The van der Waals surface area contributed by atoms with Crippen LogP contribution in [0.1, 0.15) is 52.3 Å². The van der Waals surface area contributed by atoms with Crippen molar-refractivity contribution in [1.82, 2.24) is 14.8 Å². The van der Waals surface area contributed by atoms with Gasteiger partial charge in [-0.3, -0.25) is 9.59 Å². The predicted molar refractivity (Wildman–Crippen MR) is 131 cm³/mol. The molecule has 0 aliphatic carbocycles. The number of Topliss-reactive ketones (excluding diaryl/α,β-unsaturated/α-hetero) is 1. The van der Waals surface area contributed by atoms with E-state index >= 15 is 0 Å². The van der Waals surface area contributed by atoms with Crippen LogP contribution in [0.4, 0.5) is 0 Å². The van der Waals surface area contributed by atoms with E-state index in [1.165, 1.54) is 12.0 Å². The second kappa shape index (κ2) is 10.8. The smallest absolute Gasteiger partial charge is 0.354 e. The van der Waals surface area contributed by atoms with E-state index in [0.717, 1.165) is 6.54 Å². The number of amides is 1. The van der Waals surface area contributed by atoms with Crippen LogP contribution in [0.2, 0.25) is 0 Å². The minimum absolute atomic E-state index is 0.0184. The molecule has 2 aromatic rings. The topological polar surface area (TPSA) is 112 Å². The number of ketones is 1. The van der Waals surface area contributed by atoms with E-state index in [2.05, 4.69) is 4.98 Å². The Bertz CT molecular complexity index is 1160. The number of nitrogens with zero attached hydrogens (tertiary/aromatic N) is 2. The van der Waals surface area contributed by atoms with Crippen molar-refractivity contribution in [3.8, 4) is 5.75 Å². The van der Waals surface area contributed by atoms with E-state index in [0.29, 0.717) is 47.7 Å². The number of hydrogen-bond acceptors (Lipinski definition) is 7. The molecule has 0 radical (unpaired) electrons. The Hall–Kier alpha value is -3.59. The summed E-state index contributed by atoms with van der Waals surface area (Å²) < 4.78 is 10.5. The first kappa shape index (κ1) is 26.0. The van der Waals surface area contributed by atoms with Gasteiger partial charge in [0.1, 0.15) is 17.2 Å². The van der Waals surface area contributed by atoms with Crippen LogP contribution in [0, 0.1) is 13.8 Å². The molecular formula is C26H33N3O6. The van der Waals surface area contributed by atoms with Gasteiger partial charge in [0.2, 0.25) is 0 Å². The first-order chi connectivity index (χ1) is 16.6. The van der Waals surface area contributed by atoms with Crippen molar-refractivity contribution in [3.05, 3.63) is 57.9 Å². The second-order valence-electron chi connectivity index (χ2n) is 8.77. The Morgan fingerprint density at radius 1 is 1.23 bits per heavy atom. The summed E-state index contributed by atoms with van der Waals surface area (Å²) >= 11 is 0. The lowest BCUT2D eigenvalue weighted by atomic mass is 9.94. The fraction of sp³-hybridized carbons (Fsp3) is 0.423. The molecule has 1 aliphatic rings. The number of hydrogen-bond donors (Lipinski definition) is 2. The van der Waals surface area contributed by atoms with Gasteiger partial charge in [-0.05, 0) is 71.1 Å². The molecule has 1 aromatic carbocycles. The number of benzene rings is 1. The van der Waals surface area contributed by atoms with Gasteiger partial charge in [0.25, 0.3) is 11.7 Å². The highest BCUT2D eigenvalue weighted by Crippen LogP contribution is 2.41. The molecule has 1 aliphatic heterocycles. The molecule has 9 heteroatoms. The monoisotopic (exact) mass is 483 g/mol. The standard InChI is InChI=1S/C26H33N3O6/c1-7-35-18-11-8-10-17(14-18)22-20(24(31)25(32)29(22)13-9-12-28(4)5)23(30)19-15(2)21(26(33)34-6)27-16(19)3/h8,10-11,14,22,27,30H,7,9,12-13H2,1-6H3/b23-20+. The van der Waals surface area contributed by atoms with Gasteiger partial charge in [0, 0.05) is 17.8 Å². The summed E-state index contributed by atoms with van der Waals surface area (Å²) in [6.45, 7) is 6.74. The summed E-state index contributed by atoms with van der Waals surface area (Å²) in [5.74, 6) is -1.75. The highest BCUT2D eigenvalue weighted by molar-refractivity contribution is 6.46. The van der Waals surface area contributed by atoms with Gasteiger partial charge >= 0.3 is 5.97 Å². The summed E-state index contributed by atoms with van der Waals surface area (Å²) in [5.41, 5.74) is 2.05. The van der Waals surface area contributed by atoms with Crippen LogP contribution in [0.25, 0.3) is 5.76 Å². The molecule has 1 unspecified atom stereocenters. The number of ether oxygens (including phenoxy) is 2. The molecule has 188 valence electrons. The molecule has 9 nitrogen and oxygen atoms in total. The second-order valence-corrected chi connectivity index (χ2v) is 8.77. The number of carbonyl (C=O) groups is 3. The highest BCUT2D eigenvalue weighted by atomic mass is 16.5. The number of aliphatic hydroxyl groups is 1. The average molecular weight is 484 g/mol. The van der Waals surface area contributed by atoms with Crippen molar-refractivity contribution in [3.63, 3.8) is 0 Å². The SMILES string of the molecule is CCOc1cccc(C2/C(=C(\O)c3c(C)[nH]c(C(=O)OC)c3C)C(=O)C(=O)N2CCCN(C)C)c1.